The fourth-order valence-electron chi connectivity index (χ4n) is 2.37. The van der Waals surface area contributed by atoms with E-state index in [2.05, 4.69) is 37.3 Å². The minimum Gasteiger partial charge on any atom is -0.0690 e. The van der Waals surface area contributed by atoms with Gasteiger partial charge in [0.05, 0.1) is 0 Å². The van der Waals surface area contributed by atoms with Gasteiger partial charge in [0, 0.05) is 0 Å². The molecule has 2 unspecified atom stereocenters. The average Bonchev–Trinajstić information content (AvgIpc) is 2.84. The zero-order valence-corrected chi connectivity index (χ0v) is 7.25. The highest BCUT2D eigenvalue weighted by molar-refractivity contribution is 5.64. The molecule has 0 aromatic heterocycles. The van der Waals surface area contributed by atoms with Gasteiger partial charge in [-0.15, -0.1) is 0 Å². The predicted molar refractivity (Wildman–Crippen MR) is 50.9 cm³/mol. The number of hydrogen-bond donors (Lipinski definition) is 0. The van der Waals surface area contributed by atoms with Crippen molar-refractivity contribution < 1.29 is 0 Å². The van der Waals surface area contributed by atoms with Gasteiger partial charge in [-0.2, -0.15) is 0 Å². The molecule has 0 amide bonds. The van der Waals surface area contributed by atoms with E-state index in [0.717, 1.165) is 11.8 Å². The molecule has 1 aromatic rings. The first-order valence-electron chi connectivity index (χ1n) is 4.63. The van der Waals surface area contributed by atoms with Crippen molar-refractivity contribution in [2.75, 3.05) is 0 Å². The lowest BCUT2D eigenvalue weighted by molar-refractivity contribution is 0.928. The van der Waals surface area contributed by atoms with Crippen LogP contribution in [-0.2, 0) is 0 Å². The topological polar surface area (TPSA) is 0 Å². The second kappa shape index (κ2) is 2.01. The van der Waals surface area contributed by atoms with E-state index < -0.39 is 0 Å². The van der Waals surface area contributed by atoms with Gasteiger partial charge in [0.1, 0.15) is 0 Å². The third-order valence-corrected chi connectivity index (χ3v) is 3.15. The van der Waals surface area contributed by atoms with E-state index in [-0.39, 0.29) is 0 Å². The van der Waals surface area contributed by atoms with E-state index in [1.54, 1.807) is 11.1 Å². The van der Waals surface area contributed by atoms with Gasteiger partial charge in [0.2, 0.25) is 0 Å². The molecule has 0 aliphatic heterocycles. The summed E-state index contributed by atoms with van der Waals surface area (Å²) in [5.41, 5.74) is 4.61. The Morgan fingerprint density at radius 2 is 2.00 bits per heavy atom. The Morgan fingerprint density at radius 1 is 1.17 bits per heavy atom. The van der Waals surface area contributed by atoms with Crippen LogP contribution in [0.5, 0.6) is 0 Å². The first-order valence-corrected chi connectivity index (χ1v) is 4.63. The molecule has 0 saturated heterocycles. The summed E-state index contributed by atoms with van der Waals surface area (Å²) in [7, 11) is 0. The van der Waals surface area contributed by atoms with Gasteiger partial charge >= 0.3 is 0 Å². The highest BCUT2D eigenvalue weighted by Crippen LogP contribution is 2.55. The maximum absolute atomic E-state index is 2.35. The first-order chi connectivity index (χ1) is 5.86. The Morgan fingerprint density at radius 3 is 2.92 bits per heavy atom. The molecule has 2 aliphatic rings. The number of allylic oxidation sites excluding steroid dienone is 1. The van der Waals surface area contributed by atoms with Crippen LogP contribution in [0.3, 0.4) is 0 Å². The molecule has 0 heteroatoms. The summed E-state index contributed by atoms with van der Waals surface area (Å²) in [6.07, 6.45) is 3.74. The van der Waals surface area contributed by atoms with Crippen LogP contribution in [0.4, 0.5) is 0 Å². The van der Waals surface area contributed by atoms with Gasteiger partial charge in [-0.25, -0.2) is 0 Å². The van der Waals surface area contributed by atoms with Crippen molar-refractivity contribution in [2.24, 2.45) is 5.92 Å². The molecule has 0 nitrogen and oxygen atoms in total. The molecule has 2 aliphatic carbocycles. The number of fused-ring (bicyclic) bond motifs is 3. The molecule has 0 bridgehead atoms. The molecule has 2 atom stereocenters. The lowest BCUT2D eigenvalue weighted by atomic mass is 9.93. The van der Waals surface area contributed by atoms with Gasteiger partial charge in [-0.05, 0) is 36.3 Å². The van der Waals surface area contributed by atoms with E-state index in [9.17, 15) is 0 Å². The third kappa shape index (κ3) is 0.726. The van der Waals surface area contributed by atoms with E-state index in [4.69, 9.17) is 0 Å². The molecule has 0 heterocycles. The monoisotopic (exact) mass is 156 g/mol. The zero-order chi connectivity index (χ0) is 8.13. The van der Waals surface area contributed by atoms with Crippen LogP contribution >= 0.6 is 0 Å². The Balaban J connectivity index is 2.23. The van der Waals surface area contributed by atoms with Crippen molar-refractivity contribution >= 4 is 6.08 Å². The second-order valence-corrected chi connectivity index (χ2v) is 3.97. The number of hydrogen-bond acceptors (Lipinski definition) is 0. The van der Waals surface area contributed by atoms with Gasteiger partial charge in [0.15, 0.2) is 0 Å². The molecule has 3 rings (SSSR count). The van der Waals surface area contributed by atoms with Crippen molar-refractivity contribution in [3.8, 4) is 0 Å². The third-order valence-electron chi connectivity index (χ3n) is 3.15. The number of benzene rings is 1. The summed E-state index contributed by atoms with van der Waals surface area (Å²) in [6, 6.07) is 8.80. The van der Waals surface area contributed by atoms with E-state index in [0.29, 0.717) is 0 Å². The molecule has 0 N–H and O–H groups in total. The molecule has 1 saturated carbocycles. The quantitative estimate of drug-likeness (QED) is 0.541. The smallest absolute Gasteiger partial charge is 0.00843 e. The van der Waals surface area contributed by atoms with Crippen LogP contribution in [0.2, 0.25) is 0 Å². The summed E-state index contributed by atoms with van der Waals surface area (Å²) in [5, 5.41) is 0. The van der Waals surface area contributed by atoms with Crippen LogP contribution in [0.1, 0.15) is 30.4 Å². The minimum atomic E-state index is 0.867. The predicted octanol–water partition coefficient (Wildman–Crippen LogP) is 3.21. The van der Waals surface area contributed by atoms with Crippen molar-refractivity contribution in [2.45, 2.75) is 19.3 Å². The molecule has 1 aromatic carbocycles. The maximum atomic E-state index is 2.35. The summed E-state index contributed by atoms with van der Waals surface area (Å²) < 4.78 is 0. The second-order valence-electron chi connectivity index (χ2n) is 3.97. The lowest BCUT2D eigenvalue weighted by Gasteiger charge is -2.12. The molecule has 12 heavy (non-hydrogen) atoms. The fraction of sp³-hybridized carbons (Fsp3) is 0.333. The standard InChI is InChI=1S/C12H12/c1-8-6-9-4-2-3-5-10(9)12-7-11(8)12/h2-6,11-12H,7H2,1H3. The van der Waals surface area contributed by atoms with Crippen molar-refractivity contribution in [1.29, 1.82) is 0 Å². The molecule has 0 spiro atoms. The van der Waals surface area contributed by atoms with Crippen LogP contribution in [-0.4, -0.2) is 0 Å². The van der Waals surface area contributed by atoms with E-state index >= 15 is 0 Å². The fourth-order valence-corrected chi connectivity index (χ4v) is 2.37. The van der Waals surface area contributed by atoms with Crippen molar-refractivity contribution in [3.63, 3.8) is 0 Å². The Bertz CT molecular complexity index is 360. The van der Waals surface area contributed by atoms with Gasteiger partial charge < -0.3 is 0 Å². The van der Waals surface area contributed by atoms with Crippen molar-refractivity contribution in [1.82, 2.24) is 0 Å². The summed E-state index contributed by atoms with van der Waals surface area (Å²) in [4.78, 5) is 0. The molecular weight excluding hydrogens is 144 g/mol. The van der Waals surface area contributed by atoms with Crippen LogP contribution in [0, 0.1) is 5.92 Å². The minimum absolute atomic E-state index is 0.867. The maximum Gasteiger partial charge on any atom is -0.00843 e. The van der Waals surface area contributed by atoms with E-state index in [1.165, 1.54) is 12.0 Å². The Labute approximate surface area is 72.9 Å². The van der Waals surface area contributed by atoms with E-state index in [1.807, 2.05) is 0 Å². The normalized spacial score (nSPS) is 30.2. The van der Waals surface area contributed by atoms with Crippen molar-refractivity contribution in [3.05, 3.63) is 41.0 Å². The highest BCUT2D eigenvalue weighted by atomic mass is 14.5. The van der Waals surface area contributed by atoms with Crippen LogP contribution in [0.25, 0.3) is 6.08 Å². The molecular formula is C12H12. The molecule has 1 fully saturated rings. The largest absolute Gasteiger partial charge is 0.0690 e. The summed E-state index contributed by atoms with van der Waals surface area (Å²) in [5.74, 6) is 1.76. The first kappa shape index (κ1) is 6.47. The summed E-state index contributed by atoms with van der Waals surface area (Å²) in [6.45, 7) is 2.26. The highest BCUT2D eigenvalue weighted by Gasteiger charge is 2.42. The summed E-state index contributed by atoms with van der Waals surface area (Å²) >= 11 is 0. The van der Waals surface area contributed by atoms with Gasteiger partial charge in [-0.3, -0.25) is 0 Å². The SMILES string of the molecule is CC1=Cc2ccccc2C2CC12. The van der Waals surface area contributed by atoms with Crippen LogP contribution in [0.15, 0.2) is 29.8 Å². The Hall–Kier alpha value is -1.04. The average molecular weight is 156 g/mol. The molecule has 60 valence electrons. The van der Waals surface area contributed by atoms with Gasteiger partial charge in [-0.1, -0.05) is 35.9 Å². The molecule has 0 radical (unpaired) electrons. The zero-order valence-electron chi connectivity index (χ0n) is 7.25. The number of rotatable bonds is 0. The van der Waals surface area contributed by atoms with Crippen LogP contribution < -0.4 is 0 Å². The Kier molecular flexibility index (Phi) is 1.08. The lowest BCUT2D eigenvalue weighted by Crippen LogP contribution is -1.95. The van der Waals surface area contributed by atoms with Gasteiger partial charge in [0.25, 0.3) is 0 Å².